The largest absolute Gasteiger partial charge is 0.497 e. The normalized spacial score (nSPS) is 15.6. The fourth-order valence-corrected chi connectivity index (χ4v) is 2.64. The Hall–Kier alpha value is -3.09. The number of carbonyl (C=O) groups is 1. The molecule has 0 amide bonds. The van der Waals surface area contributed by atoms with Crippen LogP contribution in [0.3, 0.4) is 0 Å². The Morgan fingerprint density at radius 1 is 1.28 bits per heavy atom. The van der Waals surface area contributed by atoms with Crippen molar-refractivity contribution >= 4 is 11.7 Å². The fraction of sp³-hybridized carbons (Fsp3) is 0.278. The SMILES string of the molecule is COc1ccc2c(c1)CC(C(=O)OCc1ccc([N+](=O)[O-])cc1)CO2. The predicted molar refractivity (Wildman–Crippen MR) is 88.6 cm³/mol. The summed E-state index contributed by atoms with van der Waals surface area (Å²) in [4.78, 5) is 22.4. The van der Waals surface area contributed by atoms with E-state index < -0.39 is 10.8 Å². The third-order valence-corrected chi connectivity index (χ3v) is 4.04. The van der Waals surface area contributed by atoms with E-state index in [4.69, 9.17) is 14.2 Å². The van der Waals surface area contributed by atoms with Crippen LogP contribution in [0.4, 0.5) is 5.69 Å². The molecule has 1 atom stereocenters. The molecule has 7 nitrogen and oxygen atoms in total. The predicted octanol–water partition coefficient (Wildman–Crippen LogP) is 2.90. The van der Waals surface area contributed by atoms with Gasteiger partial charge in [-0.2, -0.15) is 0 Å². The lowest BCUT2D eigenvalue weighted by Gasteiger charge is -2.24. The van der Waals surface area contributed by atoms with E-state index >= 15 is 0 Å². The van der Waals surface area contributed by atoms with E-state index in [1.165, 1.54) is 12.1 Å². The number of hydrogen-bond donors (Lipinski definition) is 0. The number of esters is 1. The second-order valence-electron chi connectivity index (χ2n) is 5.72. The zero-order chi connectivity index (χ0) is 17.8. The van der Waals surface area contributed by atoms with Crippen molar-refractivity contribution in [2.75, 3.05) is 13.7 Å². The Morgan fingerprint density at radius 2 is 2.04 bits per heavy atom. The highest BCUT2D eigenvalue weighted by Gasteiger charge is 2.27. The molecule has 0 radical (unpaired) electrons. The minimum absolute atomic E-state index is 0.00121. The van der Waals surface area contributed by atoms with Gasteiger partial charge in [-0.15, -0.1) is 0 Å². The van der Waals surface area contributed by atoms with E-state index in [2.05, 4.69) is 0 Å². The van der Waals surface area contributed by atoms with E-state index in [1.807, 2.05) is 18.2 Å². The number of nitrogens with zero attached hydrogens (tertiary/aromatic N) is 1. The smallest absolute Gasteiger partial charge is 0.313 e. The summed E-state index contributed by atoms with van der Waals surface area (Å²) in [5, 5.41) is 10.6. The number of hydrogen-bond acceptors (Lipinski definition) is 6. The average Bonchev–Trinajstić information content (AvgIpc) is 2.65. The molecule has 0 fully saturated rings. The number of non-ortho nitro benzene ring substituents is 1. The number of nitro groups is 1. The van der Waals surface area contributed by atoms with Gasteiger partial charge in [0.25, 0.3) is 5.69 Å². The Balaban J connectivity index is 1.59. The van der Waals surface area contributed by atoms with Gasteiger partial charge in [0, 0.05) is 12.1 Å². The van der Waals surface area contributed by atoms with Gasteiger partial charge in [-0.1, -0.05) is 0 Å². The zero-order valence-electron chi connectivity index (χ0n) is 13.6. The third kappa shape index (κ3) is 3.88. The molecule has 7 heteroatoms. The van der Waals surface area contributed by atoms with Gasteiger partial charge in [0.15, 0.2) is 0 Å². The Labute approximate surface area is 144 Å². The minimum atomic E-state index is -0.471. The van der Waals surface area contributed by atoms with E-state index in [-0.39, 0.29) is 24.9 Å². The summed E-state index contributed by atoms with van der Waals surface area (Å²) < 4.78 is 16.1. The maximum Gasteiger partial charge on any atom is 0.313 e. The van der Waals surface area contributed by atoms with Crippen molar-refractivity contribution < 1.29 is 23.9 Å². The monoisotopic (exact) mass is 343 g/mol. The first-order chi connectivity index (χ1) is 12.1. The first-order valence-electron chi connectivity index (χ1n) is 7.76. The van der Waals surface area contributed by atoms with E-state index in [9.17, 15) is 14.9 Å². The second-order valence-corrected chi connectivity index (χ2v) is 5.72. The molecule has 0 saturated heterocycles. The zero-order valence-corrected chi connectivity index (χ0v) is 13.6. The number of methoxy groups -OCH3 is 1. The highest BCUT2D eigenvalue weighted by Crippen LogP contribution is 2.31. The average molecular weight is 343 g/mol. The standard InChI is InChI=1S/C18H17NO6/c1-23-16-6-7-17-13(9-16)8-14(11-24-17)18(20)25-10-12-2-4-15(5-3-12)19(21)22/h2-7,9,14H,8,10-11H2,1H3. The number of rotatable bonds is 5. The van der Waals surface area contributed by atoms with Crippen LogP contribution in [0.2, 0.25) is 0 Å². The summed E-state index contributed by atoms with van der Waals surface area (Å²) in [6, 6.07) is 11.4. The minimum Gasteiger partial charge on any atom is -0.497 e. The molecule has 130 valence electrons. The van der Waals surface area contributed by atoms with Crippen LogP contribution >= 0.6 is 0 Å². The van der Waals surface area contributed by atoms with Crippen LogP contribution in [-0.4, -0.2) is 24.6 Å². The van der Waals surface area contributed by atoms with Crippen LogP contribution < -0.4 is 9.47 Å². The van der Waals surface area contributed by atoms with Crippen LogP contribution in [0.15, 0.2) is 42.5 Å². The Kier molecular flexibility index (Phi) is 4.83. The quantitative estimate of drug-likeness (QED) is 0.471. The summed E-state index contributed by atoms with van der Waals surface area (Å²) >= 11 is 0. The van der Waals surface area contributed by atoms with Crippen LogP contribution in [0.5, 0.6) is 11.5 Å². The lowest BCUT2D eigenvalue weighted by Crippen LogP contribution is -2.29. The third-order valence-electron chi connectivity index (χ3n) is 4.04. The summed E-state index contributed by atoms with van der Waals surface area (Å²) in [7, 11) is 1.58. The van der Waals surface area contributed by atoms with Gasteiger partial charge in [-0.25, -0.2) is 0 Å². The Bertz CT molecular complexity index is 787. The molecule has 0 spiro atoms. The van der Waals surface area contributed by atoms with Gasteiger partial charge in [0.2, 0.25) is 0 Å². The van der Waals surface area contributed by atoms with Gasteiger partial charge >= 0.3 is 5.97 Å². The van der Waals surface area contributed by atoms with Crippen LogP contribution in [-0.2, 0) is 22.6 Å². The van der Waals surface area contributed by atoms with Gasteiger partial charge < -0.3 is 14.2 Å². The van der Waals surface area contributed by atoms with Crippen molar-refractivity contribution in [3.8, 4) is 11.5 Å². The summed E-state index contributed by atoms with van der Waals surface area (Å²) in [5.74, 6) is 0.715. The molecule has 1 aliphatic rings. The van der Waals surface area contributed by atoms with Crippen LogP contribution in [0.25, 0.3) is 0 Å². The van der Waals surface area contributed by atoms with Crippen molar-refractivity contribution in [2.45, 2.75) is 13.0 Å². The van der Waals surface area contributed by atoms with Crippen molar-refractivity contribution in [3.63, 3.8) is 0 Å². The first-order valence-corrected chi connectivity index (χ1v) is 7.76. The topological polar surface area (TPSA) is 87.9 Å². The molecule has 0 N–H and O–H groups in total. The number of carbonyl (C=O) groups excluding carboxylic acids is 1. The van der Waals surface area contributed by atoms with Crippen LogP contribution in [0, 0.1) is 16.0 Å². The molecule has 2 aromatic rings. The lowest BCUT2D eigenvalue weighted by molar-refractivity contribution is -0.384. The van der Waals surface area contributed by atoms with Crippen molar-refractivity contribution in [2.24, 2.45) is 5.92 Å². The number of benzene rings is 2. The van der Waals surface area contributed by atoms with E-state index in [0.29, 0.717) is 17.7 Å². The van der Waals surface area contributed by atoms with Crippen molar-refractivity contribution in [3.05, 3.63) is 63.7 Å². The number of ether oxygens (including phenoxy) is 3. The molecule has 0 aromatic heterocycles. The highest BCUT2D eigenvalue weighted by molar-refractivity contribution is 5.73. The van der Waals surface area contributed by atoms with Gasteiger partial charge in [0.1, 0.15) is 24.7 Å². The molecule has 0 bridgehead atoms. The molecule has 25 heavy (non-hydrogen) atoms. The summed E-state index contributed by atoms with van der Waals surface area (Å²) in [5.41, 5.74) is 1.60. The molecule has 3 rings (SSSR count). The van der Waals surface area contributed by atoms with Crippen molar-refractivity contribution in [1.29, 1.82) is 0 Å². The molecular weight excluding hydrogens is 326 g/mol. The van der Waals surface area contributed by atoms with Gasteiger partial charge in [-0.3, -0.25) is 14.9 Å². The highest BCUT2D eigenvalue weighted by atomic mass is 16.6. The number of fused-ring (bicyclic) bond motifs is 1. The Morgan fingerprint density at radius 3 is 2.72 bits per heavy atom. The molecule has 1 unspecified atom stereocenters. The fourth-order valence-electron chi connectivity index (χ4n) is 2.64. The van der Waals surface area contributed by atoms with E-state index in [1.54, 1.807) is 19.2 Å². The molecule has 1 aliphatic heterocycles. The molecule has 0 aliphatic carbocycles. The molecule has 2 aromatic carbocycles. The van der Waals surface area contributed by atoms with E-state index in [0.717, 1.165) is 11.3 Å². The second kappa shape index (κ2) is 7.21. The molecular formula is C18H17NO6. The summed E-state index contributed by atoms with van der Waals surface area (Å²) in [6.07, 6.45) is 0.519. The molecule has 1 heterocycles. The maximum atomic E-state index is 12.3. The first kappa shape index (κ1) is 16.8. The van der Waals surface area contributed by atoms with Gasteiger partial charge in [0.05, 0.1) is 18.0 Å². The molecule has 0 saturated carbocycles. The lowest BCUT2D eigenvalue weighted by atomic mass is 9.96. The maximum absolute atomic E-state index is 12.3. The van der Waals surface area contributed by atoms with Crippen molar-refractivity contribution in [1.82, 2.24) is 0 Å². The summed E-state index contributed by atoms with van der Waals surface area (Å²) in [6.45, 7) is 0.330. The van der Waals surface area contributed by atoms with Gasteiger partial charge in [-0.05, 0) is 47.9 Å². The van der Waals surface area contributed by atoms with Crippen LogP contribution in [0.1, 0.15) is 11.1 Å². The number of nitro benzene ring substituents is 1.